The average Bonchev–Trinajstić information content (AvgIpc) is 3.94. The lowest BCUT2D eigenvalue weighted by molar-refractivity contribution is 0.669. The Balaban J connectivity index is 1.15. The fraction of sp³-hybridized carbons (Fsp3) is 0. The SMILES string of the molecule is c1ccc(-c2nc(-c3ccccc3)nc(-c3ccc4c(c3)c3c5c(ccc3n4-c3ccccc3)oc3ccc(-n4c6ccccc6c6ccccc64)cc35)n2)cc1. The van der Waals surface area contributed by atoms with Gasteiger partial charge in [-0.1, -0.05) is 115 Å². The van der Waals surface area contributed by atoms with E-state index in [4.69, 9.17) is 19.4 Å². The summed E-state index contributed by atoms with van der Waals surface area (Å²) in [6, 6.07) is 65.5. The van der Waals surface area contributed by atoms with Gasteiger partial charge < -0.3 is 13.6 Å². The summed E-state index contributed by atoms with van der Waals surface area (Å²) in [6.45, 7) is 0. The van der Waals surface area contributed by atoms with Gasteiger partial charge >= 0.3 is 0 Å². The summed E-state index contributed by atoms with van der Waals surface area (Å²) in [7, 11) is 0. The second-order valence-corrected chi connectivity index (χ2v) is 14.4. The smallest absolute Gasteiger partial charge is 0.164 e. The van der Waals surface area contributed by atoms with E-state index in [1.54, 1.807) is 0 Å². The lowest BCUT2D eigenvalue weighted by atomic mass is 10.0. The first-order chi connectivity index (χ1) is 28.3. The van der Waals surface area contributed by atoms with Crippen LogP contribution < -0.4 is 0 Å². The van der Waals surface area contributed by atoms with E-state index in [9.17, 15) is 0 Å². The van der Waals surface area contributed by atoms with E-state index in [1.807, 2.05) is 60.7 Å². The Morgan fingerprint density at radius 1 is 0.316 bits per heavy atom. The maximum atomic E-state index is 6.66. The first kappa shape index (κ1) is 31.5. The van der Waals surface area contributed by atoms with Crippen molar-refractivity contribution in [3.8, 4) is 45.5 Å². The molecule has 0 N–H and O–H groups in total. The second-order valence-electron chi connectivity index (χ2n) is 14.4. The van der Waals surface area contributed by atoms with Crippen LogP contribution >= 0.6 is 0 Å². The molecular formula is C51H31N5O. The zero-order valence-corrected chi connectivity index (χ0v) is 30.5. The molecule has 0 amide bonds. The molecule has 0 aliphatic rings. The minimum atomic E-state index is 0.614. The average molecular weight is 730 g/mol. The van der Waals surface area contributed by atoms with Gasteiger partial charge in [-0.25, -0.2) is 15.0 Å². The number of hydrogen-bond donors (Lipinski definition) is 0. The first-order valence-corrected chi connectivity index (χ1v) is 19.1. The van der Waals surface area contributed by atoms with Gasteiger partial charge in [0, 0.05) is 60.4 Å². The molecule has 0 radical (unpaired) electrons. The summed E-state index contributed by atoms with van der Waals surface area (Å²) in [5.74, 6) is 1.88. The fourth-order valence-electron chi connectivity index (χ4n) is 8.64. The third-order valence-corrected chi connectivity index (χ3v) is 11.2. The zero-order valence-electron chi connectivity index (χ0n) is 30.5. The molecule has 0 spiro atoms. The van der Waals surface area contributed by atoms with Gasteiger partial charge in [-0.3, -0.25) is 0 Å². The number of hydrogen-bond acceptors (Lipinski definition) is 4. The van der Waals surface area contributed by atoms with Gasteiger partial charge in [0.25, 0.3) is 0 Å². The molecule has 0 unspecified atom stereocenters. The van der Waals surface area contributed by atoms with Crippen LogP contribution in [-0.4, -0.2) is 24.1 Å². The minimum absolute atomic E-state index is 0.614. The standard InChI is InChI=1S/C51H31N5O/c1-4-14-32(15-5-1)49-52-50(33-16-6-2-7-17-33)54-51(53-49)34-24-26-43-39(30-34)47-44(55(43)35-18-8-3-9-19-35)27-29-46-48(47)40-31-36(25-28-45(40)57-46)56-41-22-12-10-20-37(41)38-21-11-13-23-42(38)56/h1-31H. The van der Waals surface area contributed by atoms with E-state index in [2.05, 4.69) is 137 Å². The van der Waals surface area contributed by atoms with Gasteiger partial charge in [0.15, 0.2) is 17.5 Å². The summed E-state index contributed by atoms with van der Waals surface area (Å²) in [6.07, 6.45) is 0. The molecular weight excluding hydrogens is 699 g/mol. The third-order valence-electron chi connectivity index (χ3n) is 11.2. The Morgan fingerprint density at radius 2 is 0.825 bits per heavy atom. The molecule has 12 aromatic rings. The molecule has 57 heavy (non-hydrogen) atoms. The van der Waals surface area contributed by atoms with Crippen LogP contribution in [0.25, 0.3) is 111 Å². The van der Waals surface area contributed by atoms with Gasteiger partial charge in [0.1, 0.15) is 11.2 Å². The van der Waals surface area contributed by atoms with Crippen molar-refractivity contribution in [2.75, 3.05) is 0 Å². The molecule has 4 heterocycles. The maximum Gasteiger partial charge on any atom is 0.164 e. The van der Waals surface area contributed by atoms with Crippen LogP contribution in [0.15, 0.2) is 192 Å². The summed E-state index contributed by atoms with van der Waals surface area (Å²) < 4.78 is 11.4. The Hall–Kier alpha value is -7.83. The highest BCUT2D eigenvalue weighted by atomic mass is 16.3. The van der Waals surface area contributed by atoms with Crippen molar-refractivity contribution in [1.82, 2.24) is 24.1 Å². The van der Waals surface area contributed by atoms with Crippen molar-refractivity contribution in [3.63, 3.8) is 0 Å². The highest BCUT2D eigenvalue weighted by molar-refractivity contribution is 6.28. The van der Waals surface area contributed by atoms with Crippen molar-refractivity contribution in [1.29, 1.82) is 0 Å². The van der Waals surface area contributed by atoms with Crippen molar-refractivity contribution in [3.05, 3.63) is 188 Å². The topological polar surface area (TPSA) is 61.7 Å². The predicted molar refractivity (Wildman–Crippen MR) is 232 cm³/mol. The monoisotopic (exact) mass is 729 g/mol. The van der Waals surface area contributed by atoms with Crippen LogP contribution in [0, 0.1) is 0 Å². The zero-order chi connectivity index (χ0) is 37.5. The van der Waals surface area contributed by atoms with Crippen LogP contribution in [0.5, 0.6) is 0 Å². The molecule has 8 aromatic carbocycles. The van der Waals surface area contributed by atoms with Crippen LogP contribution in [0.4, 0.5) is 0 Å². The van der Waals surface area contributed by atoms with Gasteiger partial charge in [-0.05, 0) is 72.8 Å². The number of aromatic nitrogens is 5. The molecule has 0 fully saturated rings. The number of nitrogens with zero attached hydrogens (tertiary/aromatic N) is 5. The number of rotatable bonds is 5. The molecule has 0 aliphatic heterocycles. The second kappa shape index (κ2) is 12.3. The molecule has 0 saturated heterocycles. The molecule has 0 bridgehead atoms. The number of benzene rings is 8. The highest BCUT2D eigenvalue weighted by Crippen LogP contribution is 2.43. The number of fused-ring (bicyclic) bond motifs is 10. The van der Waals surface area contributed by atoms with E-state index in [-0.39, 0.29) is 0 Å². The molecule has 0 saturated carbocycles. The molecule has 12 rings (SSSR count). The quantitative estimate of drug-likeness (QED) is 0.177. The Labute approximate surface area is 326 Å². The van der Waals surface area contributed by atoms with Gasteiger partial charge in [0.2, 0.25) is 0 Å². The van der Waals surface area contributed by atoms with Crippen molar-refractivity contribution >= 4 is 65.6 Å². The summed E-state index contributed by atoms with van der Waals surface area (Å²) in [5, 5.41) is 6.81. The van der Waals surface area contributed by atoms with E-state index in [0.717, 1.165) is 71.8 Å². The summed E-state index contributed by atoms with van der Waals surface area (Å²) in [4.78, 5) is 15.1. The number of para-hydroxylation sites is 3. The summed E-state index contributed by atoms with van der Waals surface area (Å²) in [5.41, 5.74) is 11.1. The van der Waals surface area contributed by atoms with E-state index < -0.39 is 0 Å². The molecule has 6 heteroatoms. The van der Waals surface area contributed by atoms with Crippen LogP contribution in [0.2, 0.25) is 0 Å². The first-order valence-electron chi connectivity index (χ1n) is 19.1. The van der Waals surface area contributed by atoms with Crippen LogP contribution in [-0.2, 0) is 0 Å². The van der Waals surface area contributed by atoms with E-state index >= 15 is 0 Å². The van der Waals surface area contributed by atoms with E-state index in [1.165, 1.54) is 21.8 Å². The van der Waals surface area contributed by atoms with Gasteiger partial charge in [-0.15, -0.1) is 0 Å². The molecule has 266 valence electrons. The molecule has 4 aromatic heterocycles. The molecule has 0 atom stereocenters. The summed E-state index contributed by atoms with van der Waals surface area (Å²) >= 11 is 0. The predicted octanol–water partition coefficient (Wildman–Crippen LogP) is 13.0. The molecule has 6 nitrogen and oxygen atoms in total. The lowest BCUT2D eigenvalue weighted by Gasteiger charge is -2.09. The van der Waals surface area contributed by atoms with E-state index in [0.29, 0.717) is 17.5 Å². The Kier molecular flexibility index (Phi) is 6.83. The lowest BCUT2D eigenvalue weighted by Crippen LogP contribution is -2.00. The molecule has 0 aliphatic carbocycles. The van der Waals surface area contributed by atoms with Crippen LogP contribution in [0.1, 0.15) is 0 Å². The largest absolute Gasteiger partial charge is 0.456 e. The maximum absolute atomic E-state index is 6.66. The fourth-order valence-corrected chi connectivity index (χ4v) is 8.64. The van der Waals surface area contributed by atoms with Crippen molar-refractivity contribution in [2.45, 2.75) is 0 Å². The normalized spacial score (nSPS) is 11.9. The van der Waals surface area contributed by atoms with Gasteiger partial charge in [0.05, 0.1) is 22.1 Å². The highest BCUT2D eigenvalue weighted by Gasteiger charge is 2.22. The third kappa shape index (κ3) is 4.87. The van der Waals surface area contributed by atoms with Crippen molar-refractivity contribution in [2.24, 2.45) is 0 Å². The van der Waals surface area contributed by atoms with Gasteiger partial charge in [-0.2, -0.15) is 0 Å². The Morgan fingerprint density at radius 3 is 1.47 bits per heavy atom. The minimum Gasteiger partial charge on any atom is -0.456 e. The van der Waals surface area contributed by atoms with Crippen molar-refractivity contribution < 1.29 is 4.42 Å². The van der Waals surface area contributed by atoms with Crippen LogP contribution in [0.3, 0.4) is 0 Å². The number of furan rings is 1. The Bertz CT molecular complexity index is 3400.